The normalized spacial score (nSPS) is 33.2. The Morgan fingerprint density at radius 3 is 2.94 bits per heavy atom. The van der Waals surface area contributed by atoms with Crippen LogP contribution in [0.3, 0.4) is 0 Å². The van der Waals surface area contributed by atoms with Gasteiger partial charge in [0.05, 0.1) is 18.7 Å². The fourth-order valence-corrected chi connectivity index (χ4v) is 6.16. The van der Waals surface area contributed by atoms with Gasteiger partial charge in [-0.25, -0.2) is 4.39 Å². The molecule has 3 heterocycles. The smallest absolute Gasteiger partial charge is 0.238 e. The van der Waals surface area contributed by atoms with Crippen molar-refractivity contribution < 1.29 is 13.9 Å². The van der Waals surface area contributed by atoms with E-state index < -0.39 is 6.04 Å². The number of amides is 1. The van der Waals surface area contributed by atoms with Crippen molar-refractivity contribution in [2.24, 2.45) is 5.92 Å². The third-order valence-corrected chi connectivity index (χ3v) is 7.96. The maximum absolute atomic E-state index is 15.0. The molecule has 32 heavy (non-hydrogen) atoms. The van der Waals surface area contributed by atoms with E-state index in [9.17, 15) is 14.4 Å². The number of nitriles is 1. The fraction of sp³-hybridized carbons (Fsp3) is 0.680. The van der Waals surface area contributed by atoms with Crippen LogP contribution in [0.5, 0.6) is 0 Å². The average Bonchev–Trinajstić information content (AvgIpc) is 3.58. The Hall–Kier alpha value is -2.01. The summed E-state index contributed by atoms with van der Waals surface area (Å²) < 4.78 is 20.5. The number of likely N-dealkylation sites (tertiary alicyclic amines) is 1. The average molecular weight is 441 g/mol. The van der Waals surface area contributed by atoms with Crippen LogP contribution in [0.4, 0.5) is 4.39 Å². The lowest BCUT2D eigenvalue weighted by Gasteiger charge is -2.36. The monoisotopic (exact) mass is 440 g/mol. The molecular weight excluding hydrogens is 407 g/mol. The summed E-state index contributed by atoms with van der Waals surface area (Å²) in [6.07, 6.45) is 6.68. The van der Waals surface area contributed by atoms with Crippen molar-refractivity contribution >= 4 is 5.91 Å². The summed E-state index contributed by atoms with van der Waals surface area (Å²) in [5, 5.41) is 15.8. The van der Waals surface area contributed by atoms with E-state index in [0.29, 0.717) is 29.5 Å². The molecule has 1 amide bonds. The first-order valence-electron chi connectivity index (χ1n) is 12.2. The van der Waals surface area contributed by atoms with E-state index in [1.54, 1.807) is 12.1 Å². The molecule has 0 radical (unpaired) electrons. The number of rotatable bonds is 6. The Labute approximate surface area is 189 Å². The van der Waals surface area contributed by atoms with Crippen molar-refractivity contribution in [2.45, 2.75) is 75.0 Å². The maximum atomic E-state index is 15.0. The Morgan fingerprint density at radius 1 is 1.34 bits per heavy atom. The Balaban J connectivity index is 1.20. The molecule has 1 saturated carbocycles. The van der Waals surface area contributed by atoms with Gasteiger partial charge >= 0.3 is 0 Å². The number of hydrogen-bond acceptors (Lipinski definition) is 5. The molecule has 4 fully saturated rings. The third-order valence-electron chi connectivity index (χ3n) is 7.96. The van der Waals surface area contributed by atoms with E-state index in [1.165, 1.54) is 0 Å². The maximum Gasteiger partial charge on any atom is 0.238 e. The van der Waals surface area contributed by atoms with Crippen LogP contribution in [0.1, 0.15) is 55.6 Å². The third kappa shape index (κ3) is 4.54. The van der Waals surface area contributed by atoms with Gasteiger partial charge in [-0.2, -0.15) is 5.26 Å². The number of benzene rings is 1. The molecule has 1 aliphatic carbocycles. The molecular formula is C25H33FN4O2. The largest absolute Gasteiger partial charge is 0.380 e. The number of carbonyl (C=O) groups excluding carboxylic acids is 1. The lowest BCUT2D eigenvalue weighted by molar-refractivity contribution is -0.124. The van der Waals surface area contributed by atoms with Gasteiger partial charge in [0, 0.05) is 31.7 Å². The van der Waals surface area contributed by atoms with E-state index in [-0.39, 0.29) is 24.2 Å². The molecule has 6 atom stereocenters. The fourth-order valence-electron chi connectivity index (χ4n) is 6.16. The molecule has 5 rings (SSSR count). The lowest BCUT2D eigenvalue weighted by Crippen LogP contribution is -2.50. The molecule has 172 valence electrons. The quantitative estimate of drug-likeness (QED) is 0.711. The van der Waals surface area contributed by atoms with Crippen LogP contribution in [0.25, 0.3) is 0 Å². The number of halogens is 1. The van der Waals surface area contributed by atoms with Crippen molar-refractivity contribution in [3.05, 3.63) is 35.1 Å². The summed E-state index contributed by atoms with van der Waals surface area (Å²) in [5.41, 5.74) is 1.51. The highest BCUT2D eigenvalue weighted by molar-refractivity contribution is 5.83. The van der Waals surface area contributed by atoms with E-state index in [4.69, 9.17) is 4.74 Å². The van der Waals surface area contributed by atoms with Crippen LogP contribution in [0.2, 0.25) is 0 Å². The number of ether oxygens (including phenoxy) is 1. The zero-order valence-electron chi connectivity index (χ0n) is 18.6. The van der Waals surface area contributed by atoms with E-state index in [2.05, 4.69) is 21.6 Å². The molecule has 1 aromatic rings. The summed E-state index contributed by atoms with van der Waals surface area (Å²) in [6, 6.07) is 7.58. The van der Waals surface area contributed by atoms with Crippen molar-refractivity contribution in [2.75, 3.05) is 26.3 Å². The highest BCUT2D eigenvalue weighted by Gasteiger charge is 2.43. The van der Waals surface area contributed by atoms with Crippen LogP contribution in [0.15, 0.2) is 18.2 Å². The van der Waals surface area contributed by atoms with Crippen LogP contribution in [-0.2, 0) is 16.0 Å². The Kier molecular flexibility index (Phi) is 6.45. The molecule has 2 bridgehead atoms. The number of nitrogens with one attached hydrogen (secondary N) is 2. The molecule has 7 heteroatoms. The van der Waals surface area contributed by atoms with Gasteiger partial charge in [0.25, 0.3) is 0 Å². The van der Waals surface area contributed by atoms with Crippen LogP contribution in [0, 0.1) is 23.1 Å². The first-order valence-corrected chi connectivity index (χ1v) is 12.2. The van der Waals surface area contributed by atoms with Gasteiger partial charge in [0.1, 0.15) is 11.9 Å². The molecule has 3 aliphatic heterocycles. The second-order valence-corrected chi connectivity index (χ2v) is 10.0. The molecule has 2 N–H and O–H groups in total. The van der Waals surface area contributed by atoms with Gasteiger partial charge < -0.3 is 15.4 Å². The number of fused-ring (bicyclic) bond motifs is 2. The van der Waals surface area contributed by atoms with Crippen molar-refractivity contribution in [3.63, 3.8) is 0 Å². The van der Waals surface area contributed by atoms with E-state index in [0.717, 1.165) is 70.4 Å². The summed E-state index contributed by atoms with van der Waals surface area (Å²) in [7, 11) is 0. The molecule has 6 nitrogen and oxygen atoms in total. The number of carbonyl (C=O) groups is 1. The van der Waals surface area contributed by atoms with Crippen LogP contribution < -0.4 is 10.6 Å². The molecule has 4 aliphatic rings. The minimum atomic E-state index is -0.726. The molecule has 0 aromatic heterocycles. The van der Waals surface area contributed by atoms with Crippen LogP contribution >= 0.6 is 0 Å². The van der Waals surface area contributed by atoms with Crippen molar-refractivity contribution in [3.8, 4) is 6.07 Å². The number of nitrogens with zero attached hydrogens (tertiary/aromatic N) is 2. The minimum Gasteiger partial charge on any atom is -0.380 e. The molecule has 5 unspecified atom stereocenters. The standard InChI is InChI=1S/C25H33FN4O2/c26-23-12-16(19-2-1-8-30(14-19)22-7-9-32-15-22)3-4-17(23)10-21(13-27)29-25(31)24-18-5-6-20(11-18)28-24/h3-4,12,18-22,24,28H,1-2,5-11,14-15H2,(H,29,31)/t18?,19?,20?,21-,22?,24?/m0/s1. The summed E-state index contributed by atoms with van der Waals surface area (Å²) >= 11 is 0. The van der Waals surface area contributed by atoms with Gasteiger partial charge in [0.2, 0.25) is 5.91 Å². The van der Waals surface area contributed by atoms with Gasteiger partial charge in [0.15, 0.2) is 0 Å². The van der Waals surface area contributed by atoms with E-state index in [1.807, 2.05) is 6.07 Å². The first-order chi connectivity index (χ1) is 15.6. The topological polar surface area (TPSA) is 77.4 Å². The van der Waals surface area contributed by atoms with Gasteiger partial charge in [-0.1, -0.05) is 12.1 Å². The summed E-state index contributed by atoms with van der Waals surface area (Å²) in [4.78, 5) is 15.1. The van der Waals surface area contributed by atoms with E-state index >= 15 is 0 Å². The Bertz CT molecular complexity index is 881. The predicted molar refractivity (Wildman–Crippen MR) is 118 cm³/mol. The molecule has 1 aromatic carbocycles. The summed E-state index contributed by atoms with van der Waals surface area (Å²) in [6.45, 7) is 3.68. The number of piperidine rings is 2. The highest BCUT2D eigenvalue weighted by atomic mass is 19.1. The first kappa shape index (κ1) is 21.8. The SMILES string of the molecule is N#C[C@H](Cc1ccc(C2CCCN(C3CCOC3)C2)cc1F)NC(=O)C1NC2CCC1C2. The second-order valence-electron chi connectivity index (χ2n) is 10.0. The van der Waals surface area contributed by atoms with Gasteiger partial charge in [-0.15, -0.1) is 0 Å². The Morgan fingerprint density at radius 2 is 2.25 bits per heavy atom. The lowest BCUT2D eigenvalue weighted by atomic mass is 9.88. The van der Waals surface area contributed by atoms with Crippen LogP contribution in [-0.4, -0.2) is 61.3 Å². The van der Waals surface area contributed by atoms with Crippen molar-refractivity contribution in [1.82, 2.24) is 15.5 Å². The summed E-state index contributed by atoms with van der Waals surface area (Å²) in [5.74, 6) is 0.278. The minimum absolute atomic E-state index is 0.126. The second kappa shape index (κ2) is 9.46. The number of hydrogen-bond donors (Lipinski definition) is 2. The molecule has 3 saturated heterocycles. The zero-order valence-corrected chi connectivity index (χ0v) is 18.6. The van der Waals surface area contributed by atoms with Gasteiger partial charge in [-0.05, 0) is 74.1 Å². The van der Waals surface area contributed by atoms with Gasteiger partial charge in [-0.3, -0.25) is 9.69 Å². The predicted octanol–water partition coefficient (Wildman–Crippen LogP) is 2.49. The highest BCUT2D eigenvalue weighted by Crippen LogP contribution is 2.35. The van der Waals surface area contributed by atoms with Crippen molar-refractivity contribution in [1.29, 1.82) is 5.26 Å². The molecule has 0 spiro atoms. The zero-order chi connectivity index (χ0) is 22.1.